The smallest absolute Gasteiger partial charge is 0.135 e. The Morgan fingerprint density at radius 1 is 0.941 bits per heavy atom. The van der Waals surface area contributed by atoms with Gasteiger partial charge in [0.25, 0.3) is 0 Å². The molecule has 0 unspecified atom stereocenters. The maximum absolute atomic E-state index is 5.75. The van der Waals surface area contributed by atoms with Gasteiger partial charge >= 0.3 is 0 Å². The minimum atomic E-state index is 0. The van der Waals surface area contributed by atoms with Crippen molar-refractivity contribution >= 4 is 34.3 Å². The number of hydrogen-bond acceptors (Lipinski definition) is 2. The van der Waals surface area contributed by atoms with Gasteiger partial charge in [-0.25, -0.2) is 0 Å². The Labute approximate surface area is 106 Å². The van der Waals surface area contributed by atoms with Gasteiger partial charge in [-0.3, -0.25) is 0 Å². The first-order chi connectivity index (χ1) is 7.88. The molecule has 1 aromatic heterocycles. The van der Waals surface area contributed by atoms with Gasteiger partial charge in [0.15, 0.2) is 0 Å². The number of nitrogens with two attached hydrogens (primary N) is 1. The monoisotopic (exact) mass is 247 g/mol. The first-order valence-electron chi connectivity index (χ1n) is 5.49. The van der Waals surface area contributed by atoms with Gasteiger partial charge in [0, 0.05) is 10.8 Å². The van der Waals surface area contributed by atoms with Gasteiger partial charge < -0.3 is 10.2 Å². The molecule has 0 aliphatic carbocycles. The number of halogens is 1. The molecule has 0 aliphatic rings. The van der Waals surface area contributed by atoms with Crippen LogP contribution in [0.4, 0.5) is 0 Å². The molecule has 0 saturated heterocycles. The summed E-state index contributed by atoms with van der Waals surface area (Å²) in [6.45, 7) is 0.682. The average molecular weight is 248 g/mol. The molecular weight excluding hydrogens is 234 g/mol. The highest BCUT2D eigenvalue weighted by molar-refractivity contribution is 6.04. The van der Waals surface area contributed by atoms with Crippen LogP contribution >= 0.6 is 12.4 Å². The quantitative estimate of drug-likeness (QED) is 0.753. The van der Waals surface area contributed by atoms with Crippen LogP contribution in [0.5, 0.6) is 0 Å². The lowest BCUT2D eigenvalue weighted by Gasteiger charge is -1.97. The first-order valence-corrected chi connectivity index (χ1v) is 5.49. The lowest BCUT2D eigenvalue weighted by Crippen LogP contribution is -2.02. The normalized spacial score (nSPS) is 10.6. The van der Waals surface area contributed by atoms with Crippen molar-refractivity contribution in [1.29, 1.82) is 0 Å². The molecule has 88 valence electrons. The van der Waals surface area contributed by atoms with Crippen molar-refractivity contribution in [3.05, 3.63) is 48.0 Å². The van der Waals surface area contributed by atoms with Crippen molar-refractivity contribution in [2.24, 2.45) is 5.73 Å². The summed E-state index contributed by atoms with van der Waals surface area (Å²) in [5.74, 6) is 0. The molecule has 0 saturated carbocycles. The van der Waals surface area contributed by atoms with E-state index in [0.29, 0.717) is 6.54 Å². The highest BCUT2D eigenvalue weighted by Crippen LogP contribution is 2.29. The molecule has 0 spiro atoms. The topological polar surface area (TPSA) is 39.2 Å². The van der Waals surface area contributed by atoms with Crippen LogP contribution < -0.4 is 5.73 Å². The van der Waals surface area contributed by atoms with Crippen LogP contribution in [0, 0.1) is 0 Å². The van der Waals surface area contributed by atoms with Crippen LogP contribution in [-0.4, -0.2) is 6.54 Å². The van der Waals surface area contributed by atoms with Crippen LogP contribution in [-0.2, 0) is 6.42 Å². The van der Waals surface area contributed by atoms with Gasteiger partial charge in [-0.05, 0) is 36.7 Å². The Morgan fingerprint density at radius 3 is 2.53 bits per heavy atom. The summed E-state index contributed by atoms with van der Waals surface area (Å²) in [7, 11) is 0. The molecule has 0 aliphatic heterocycles. The Morgan fingerprint density at radius 2 is 1.71 bits per heavy atom. The van der Waals surface area contributed by atoms with Gasteiger partial charge in [0.2, 0.25) is 0 Å². The molecular formula is C14H14ClNO. The maximum atomic E-state index is 5.75. The third kappa shape index (κ3) is 2.02. The number of fused-ring (bicyclic) bond motifs is 3. The lowest BCUT2D eigenvalue weighted by atomic mass is 10.1. The summed E-state index contributed by atoms with van der Waals surface area (Å²) in [4.78, 5) is 0. The molecule has 17 heavy (non-hydrogen) atoms. The fourth-order valence-corrected chi connectivity index (χ4v) is 2.10. The van der Waals surface area contributed by atoms with E-state index in [-0.39, 0.29) is 12.4 Å². The van der Waals surface area contributed by atoms with Gasteiger partial charge in [-0.15, -0.1) is 12.4 Å². The van der Waals surface area contributed by atoms with E-state index in [1.54, 1.807) is 0 Å². The second-order valence-electron chi connectivity index (χ2n) is 3.97. The molecule has 1 heterocycles. The maximum Gasteiger partial charge on any atom is 0.135 e. The zero-order chi connectivity index (χ0) is 11.0. The number of rotatable bonds is 2. The SMILES string of the molecule is Cl.NCCc1ccc2oc3ccccc3c2c1. The van der Waals surface area contributed by atoms with E-state index in [1.807, 2.05) is 24.3 Å². The number of benzene rings is 2. The van der Waals surface area contributed by atoms with Crippen molar-refractivity contribution in [2.75, 3.05) is 6.54 Å². The van der Waals surface area contributed by atoms with Crippen molar-refractivity contribution in [1.82, 2.24) is 0 Å². The zero-order valence-corrected chi connectivity index (χ0v) is 10.2. The van der Waals surface area contributed by atoms with E-state index in [2.05, 4.69) is 18.2 Å². The minimum absolute atomic E-state index is 0. The zero-order valence-electron chi connectivity index (χ0n) is 9.35. The molecule has 0 radical (unpaired) electrons. The van der Waals surface area contributed by atoms with Crippen molar-refractivity contribution in [3.8, 4) is 0 Å². The Balaban J connectivity index is 0.00000108. The van der Waals surface area contributed by atoms with Gasteiger partial charge in [-0.2, -0.15) is 0 Å². The third-order valence-corrected chi connectivity index (χ3v) is 2.87. The van der Waals surface area contributed by atoms with Gasteiger partial charge in [-0.1, -0.05) is 24.3 Å². The molecule has 2 aromatic carbocycles. The van der Waals surface area contributed by atoms with Crippen molar-refractivity contribution < 1.29 is 4.42 Å². The van der Waals surface area contributed by atoms with E-state index in [0.717, 1.165) is 17.6 Å². The molecule has 3 rings (SSSR count). The minimum Gasteiger partial charge on any atom is -0.456 e. The number of hydrogen-bond donors (Lipinski definition) is 1. The second-order valence-corrected chi connectivity index (χ2v) is 3.97. The van der Waals surface area contributed by atoms with Crippen molar-refractivity contribution in [3.63, 3.8) is 0 Å². The van der Waals surface area contributed by atoms with Crippen LogP contribution in [0.2, 0.25) is 0 Å². The van der Waals surface area contributed by atoms with Crippen LogP contribution in [0.25, 0.3) is 21.9 Å². The highest BCUT2D eigenvalue weighted by atomic mass is 35.5. The fourth-order valence-electron chi connectivity index (χ4n) is 2.10. The predicted octanol–water partition coefficient (Wildman–Crippen LogP) is 3.51. The number of para-hydroxylation sites is 1. The van der Waals surface area contributed by atoms with E-state index in [9.17, 15) is 0 Å². The van der Waals surface area contributed by atoms with Crippen LogP contribution in [0.3, 0.4) is 0 Å². The second kappa shape index (κ2) is 4.78. The summed E-state index contributed by atoms with van der Waals surface area (Å²) >= 11 is 0. The predicted molar refractivity (Wildman–Crippen MR) is 73.7 cm³/mol. The van der Waals surface area contributed by atoms with Crippen LogP contribution in [0.1, 0.15) is 5.56 Å². The average Bonchev–Trinajstić information content (AvgIpc) is 2.68. The summed E-state index contributed by atoms with van der Waals surface area (Å²) < 4.78 is 5.75. The van der Waals surface area contributed by atoms with Gasteiger partial charge in [0.05, 0.1) is 0 Å². The largest absolute Gasteiger partial charge is 0.456 e. The molecule has 0 amide bonds. The summed E-state index contributed by atoms with van der Waals surface area (Å²) in [6.07, 6.45) is 0.912. The molecule has 3 aromatic rings. The number of furan rings is 1. The fraction of sp³-hybridized carbons (Fsp3) is 0.143. The van der Waals surface area contributed by atoms with Crippen LogP contribution in [0.15, 0.2) is 46.9 Å². The molecule has 0 atom stereocenters. The lowest BCUT2D eigenvalue weighted by molar-refractivity contribution is 0.668. The van der Waals surface area contributed by atoms with E-state index in [1.165, 1.54) is 16.3 Å². The van der Waals surface area contributed by atoms with Gasteiger partial charge in [0.1, 0.15) is 11.2 Å². The third-order valence-electron chi connectivity index (χ3n) is 2.87. The summed E-state index contributed by atoms with van der Waals surface area (Å²) in [5.41, 5.74) is 8.73. The summed E-state index contributed by atoms with van der Waals surface area (Å²) in [5, 5.41) is 2.36. The van der Waals surface area contributed by atoms with E-state index < -0.39 is 0 Å². The highest BCUT2D eigenvalue weighted by Gasteiger charge is 2.06. The first kappa shape index (κ1) is 12.0. The van der Waals surface area contributed by atoms with E-state index >= 15 is 0 Å². The molecule has 0 fully saturated rings. The molecule has 2 nitrogen and oxygen atoms in total. The standard InChI is InChI=1S/C14H13NO.ClH/c15-8-7-10-5-6-14-12(9-10)11-3-1-2-4-13(11)16-14;/h1-6,9H,7-8,15H2;1H. The molecule has 3 heteroatoms. The van der Waals surface area contributed by atoms with E-state index in [4.69, 9.17) is 10.2 Å². The van der Waals surface area contributed by atoms with Crippen molar-refractivity contribution in [2.45, 2.75) is 6.42 Å². The Hall–Kier alpha value is -1.51. The Kier molecular flexibility index (Phi) is 3.36. The molecule has 2 N–H and O–H groups in total. The molecule has 0 bridgehead atoms. The Bertz CT molecular complexity index is 645. The summed E-state index contributed by atoms with van der Waals surface area (Å²) in [6, 6.07) is 14.4.